The molecule has 154 valence electrons. The Bertz CT molecular complexity index is 603. The van der Waals surface area contributed by atoms with Crippen molar-refractivity contribution in [2.75, 3.05) is 45.4 Å². The lowest BCUT2D eigenvalue weighted by molar-refractivity contribution is -0.132. The predicted molar refractivity (Wildman–Crippen MR) is 115 cm³/mol. The number of hydrogen-bond acceptors (Lipinski definition) is 6. The molecule has 0 spiro atoms. The largest absolute Gasteiger partial charge is 0.493 e. The Balaban J connectivity index is 0.00000182. The molecule has 2 saturated heterocycles. The second-order valence-electron chi connectivity index (χ2n) is 6.40. The number of rotatable bonds is 6. The summed E-state index contributed by atoms with van der Waals surface area (Å²) in [5.41, 5.74) is 1.14. The fourth-order valence-corrected chi connectivity index (χ4v) is 4.24. The standard InChI is InChI=1S/C18H27N3O3S.2ClH/c1-23-16-4-3-13(9-17(16)24-2)11-19-14-10-15(20-12-14)18(22)21-5-7-25-8-6-21;;/h3-4,9,14-15,19-20H,5-8,10-12H2,1-2H3;2*1H/t14-,15-;;/m0../s1. The molecule has 27 heavy (non-hydrogen) atoms. The number of halogens is 2. The number of methoxy groups -OCH3 is 2. The number of nitrogens with one attached hydrogen (secondary N) is 2. The fraction of sp³-hybridized carbons (Fsp3) is 0.611. The van der Waals surface area contributed by atoms with Crippen LogP contribution in [0.3, 0.4) is 0 Å². The van der Waals surface area contributed by atoms with Crippen molar-refractivity contribution < 1.29 is 14.3 Å². The summed E-state index contributed by atoms with van der Waals surface area (Å²) in [7, 11) is 3.28. The summed E-state index contributed by atoms with van der Waals surface area (Å²) >= 11 is 1.92. The van der Waals surface area contributed by atoms with Crippen molar-refractivity contribution >= 4 is 42.5 Å². The van der Waals surface area contributed by atoms with Crippen molar-refractivity contribution in [3.05, 3.63) is 23.8 Å². The van der Waals surface area contributed by atoms with Crippen LogP contribution >= 0.6 is 36.6 Å². The molecule has 2 fully saturated rings. The van der Waals surface area contributed by atoms with Crippen LogP contribution in [-0.2, 0) is 11.3 Å². The molecule has 2 aliphatic rings. The van der Waals surface area contributed by atoms with Crippen LogP contribution in [0.1, 0.15) is 12.0 Å². The highest BCUT2D eigenvalue weighted by Gasteiger charge is 2.32. The van der Waals surface area contributed by atoms with Crippen molar-refractivity contribution in [3.63, 3.8) is 0 Å². The SMILES string of the molecule is COc1ccc(CN[C@@H]2CN[C@H](C(=O)N3CCSCC3)C2)cc1OC.Cl.Cl. The molecule has 0 radical (unpaired) electrons. The first kappa shape index (κ1) is 24.2. The average molecular weight is 438 g/mol. The van der Waals surface area contributed by atoms with Gasteiger partial charge in [0.15, 0.2) is 11.5 Å². The lowest BCUT2D eigenvalue weighted by Gasteiger charge is -2.28. The Morgan fingerprint density at radius 2 is 1.93 bits per heavy atom. The molecule has 0 unspecified atom stereocenters. The van der Waals surface area contributed by atoms with Crippen molar-refractivity contribution in [2.45, 2.75) is 25.0 Å². The molecular weight excluding hydrogens is 409 g/mol. The predicted octanol–water partition coefficient (Wildman–Crippen LogP) is 1.94. The minimum Gasteiger partial charge on any atom is -0.493 e. The molecule has 0 aliphatic carbocycles. The number of amides is 1. The zero-order valence-corrected chi connectivity index (χ0v) is 18.2. The van der Waals surface area contributed by atoms with E-state index in [-0.39, 0.29) is 36.8 Å². The van der Waals surface area contributed by atoms with Crippen LogP contribution in [0.15, 0.2) is 18.2 Å². The minimum atomic E-state index is -0.0500. The summed E-state index contributed by atoms with van der Waals surface area (Å²) in [5, 5.41) is 6.92. The van der Waals surface area contributed by atoms with Crippen LogP contribution in [-0.4, -0.2) is 68.3 Å². The second-order valence-corrected chi connectivity index (χ2v) is 7.63. The molecule has 3 rings (SSSR count). The average Bonchev–Trinajstić information content (AvgIpc) is 3.15. The van der Waals surface area contributed by atoms with E-state index in [1.807, 2.05) is 34.9 Å². The fourth-order valence-electron chi connectivity index (χ4n) is 3.34. The van der Waals surface area contributed by atoms with E-state index < -0.39 is 0 Å². The number of hydrogen-bond donors (Lipinski definition) is 2. The first-order chi connectivity index (χ1) is 12.2. The summed E-state index contributed by atoms with van der Waals surface area (Å²) in [6, 6.07) is 6.20. The number of carbonyl (C=O) groups is 1. The van der Waals surface area contributed by atoms with Crippen molar-refractivity contribution in [3.8, 4) is 11.5 Å². The van der Waals surface area contributed by atoms with Crippen LogP contribution in [0.4, 0.5) is 0 Å². The second kappa shape index (κ2) is 11.9. The maximum atomic E-state index is 12.6. The van der Waals surface area contributed by atoms with Gasteiger partial charge >= 0.3 is 0 Å². The van der Waals surface area contributed by atoms with Gasteiger partial charge in [0.1, 0.15) is 0 Å². The molecule has 6 nitrogen and oxygen atoms in total. The quantitative estimate of drug-likeness (QED) is 0.708. The third kappa shape index (κ3) is 6.32. The van der Waals surface area contributed by atoms with E-state index in [2.05, 4.69) is 10.6 Å². The zero-order chi connectivity index (χ0) is 17.6. The number of carbonyl (C=O) groups excluding carboxylic acids is 1. The molecule has 1 aromatic rings. The van der Waals surface area contributed by atoms with Crippen LogP contribution in [0.25, 0.3) is 0 Å². The van der Waals surface area contributed by atoms with E-state index in [1.54, 1.807) is 14.2 Å². The highest BCUT2D eigenvalue weighted by atomic mass is 35.5. The van der Waals surface area contributed by atoms with Crippen LogP contribution in [0.2, 0.25) is 0 Å². The Morgan fingerprint density at radius 1 is 1.22 bits per heavy atom. The highest BCUT2D eigenvalue weighted by molar-refractivity contribution is 7.99. The van der Waals surface area contributed by atoms with Gasteiger partial charge in [0.2, 0.25) is 5.91 Å². The van der Waals surface area contributed by atoms with Crippen LogP contribution in [0, 0.1) is 0 Å². The van der Waals surface area contributed by atoms with Crippen molar-refractivity contribution in [1.29, 1.82) is 0 Å². The molecule has 2 N–H and O–H groups in total. The maximum Gasteiger partial charge on any atom is 0.239 e. The van der Waals surface area contributed by atoms with Gasteiger partial charge in [-0.15, -0.1) is 24.8 Å². The summed E-state index contributed by atoms with van der Waals surface area (Å²) in [4.78, 5) is 14.6. The van der Waals surface area contributed by atoms with Crippen molar-refractivity contribution in [2.24, 2.45) is 0 Å². The monoisotopic (exact) mass is 437 g/mol. The number of nitrogens with zero attached hydrogens (tertiary/aromatic N) is 1. The first-order valence-corrected chi connectivity index (χ1v) is 9.91. The molecule has 2 heterocycles. The zero-order valence-electron chi connectivity index (χ0n) is 15.7. The Hall–Kier alpha value is -0.860. The third-order valence-electron chi connectivity index (χ3n) is 4.79. The van der Waals surface area contributed by atoms with E-state index in [4.69, 9.17) is 9.47 Å². The smallest absolute Gasteiger partial charge is 0.239 e. The summed E-state index contributed by atoms with van der Waals surface area (Å²) in [6.45, 7) is 3.33. The minimum absolute atomic E-state index is 0. The van der Waals surface area contributed by atoms with Gasteiger partial charge in [-0.05, 0) is 24.1 Å². The van der Waals surface area contributed by atoms with Crippen LogP contribution < -0.4 is 20.1 Å². The van der Waals surface area contributed by atoms with Gasteiger partial charge in [0, 0.05) is 43.7 Å². The number of thioether (sulfide) groups is 1. The molecule has 2 aliphatic heterocycles. The molecule has 9 heteroatoms. The van der Waals surface area contributed by atoms with Gasteiger partial charge in [0.05, 0.1) is 20.3 Å². The van der Waals surface area contributed by atoms with Crippen LogP contribution in [0.5, 0.6) is 11.5 Å². The van der Waals surface area contributed by atoms with Gasteiger partial charge in [0.25, 0.3) is 0 Å². The van der Waals surface area contributed by atoms with Gasteiger partial charge in [-0.2, -0.15) is 11.8 Å². The lowest BCUT2D eigenvalue weighted by Crippen LogP contribution is -2.46. The van der Waals surface area contributed by atoms with E-state index in [0.29, 0.717) is 6.04 Å². The van der Waals surface area contributed by atoms with E-state index in [0.717, 1.165) is 61.2 Å². The third-order valence-corrected chi connectivity index (χ3v) is 5.74. The van der Waals surface area contributed by atoms with E-state index in [9.17, 15) is 4.79 Å². The lowest BCUT2D eigenvalue weighted by atomic mass is 10.1. The maximum absolute atomic E-state index is 12.6. The number of ether oxygens (including phenoxy) is 2. The van der Waals surface area contributed by atoms with E-state index >= 15 is 0 Å². The Kier molecular flexibility index (Phi) is 10.6. The summed E-state index contributed by atoms with van der Waals surface area (Å²) < 4.78 is 10.6. The molecule has 0 bridgehead atoms. The number of benzene rings is 1. The molecular formula is C18H29Cl2N3O3S. The summed E-state index contributed by atoms with van der Waals surface area (Å²) in [6.07, 6.45) is 0.843. The molecule has 0 aromatic heterocycles. The Labute approximate surface area is 177 Å². The Morgan fingerprint density at radius 3 is 2.59 bits per heavy atom. The molecule has 2 atom stereocenters. The molecule has 1 amide bonds. The van der Waals surface area contributed by atoms with Gasteiger partial charge in [-0.3, -0.25) is 4.79 Å². The first-order valence-electron chi connectivity index (χ1n) is 8.75. The van der Waals surface area contributed by atoms with Crippen molar-refractivity contribution in [1.82, 2.24) is 15.5 Å². The topological polar surface area (TPSA) is 62.8 Å². The summed E-state index contributed by atoms with van der Waals surface area (Å²) in [5.74, 6) is 3.84. The van der Waals surface area contributed by atoms with Gasteiger partial charge in [-0.25, -0.2) is 0 Å². The molecule has 1 aromatic carbocycles. The van der Waals surface area contributed by atoms with Gasteiger partial charge < -0.3 is 25.0 Å². The normalized spacial score (nSPS) is 21.8. The van der Waals surface area contributed by atoms with Gasteiger partial charge in [-0.1, -0.05) is 6.07 Å². The van der Waals surface area contributed by atoms with E-state index in [1.165, 1.54) is 0 Å². The molecule has 0 saturated carbocycles. The highest BCUT2D eigenvalue weighted by Crippen LogP contribution is 2.27.